The molecule has 2 N–H and O–H groups in total. The highest BCUT2D eigenvalue weighted by molar-refractivity contribution is 5.74. The third-order valence-corrected chi connectivity index (χ3v) is 4.10. The van der Waals surface area contributed by atoms with Gasteiger partial charge in [0.1, 0.15) is 6.61 Å². The predicted molar refractivity (Wildman–Crippen MR) is 90.5 cm³/mol. The third kappa shape index (κ3) is 8.05. The molecule has 1 aliphatic rings. The molecule has 0 spiro atoms. The number of halogens is 3. The molecule has 1 aliphatic heterocycles. The van der Waals surface area contributed by atoms with Crippen LogP contribution in [0.2, 0.25) is 0 Å². The summed E-state index contributed by atoms with van der Waals surface area (Å²) < 4.78 is 46.0. The van der Waals surface area contributed by atoms with E-state index in [1.165, 1.54) is 0 Å². The van der Waals surface area contributed by atoms with Crippen molar-refractivity contribution in [3.63, 3.8) is 0 Å². The van der Waals surface area contributed by atoms with E-state index in [2.05, 4.69) is 15.4 Å². The first-order valence-electron chi connectivity index (χ1n) is 8.66. The van der Waals surface area contributed by atoms with Gasteiger partial charge >= 0.3 is 12.2 Å². The van der Waals surface area contributed by atoms with E-state index in [1.54, 1.807) is 24.3 Å². The van der Waals surface area contributed by atoms with E-state index in [0.29, 0.717) is 18.0 Å². The number of carbonyl (C=O) groups is 1. The van der Waals surface area contributed by atoms with Gasteiger partial charge in [-0.2, -0.15) is 13.2 Å². The van der Waals surface area contributed by atoms with Gasteiger partial charge in [-0.15, -0.1) is 0 Å². The molecule has 0 aliphatic carbocycles. The second-order valence-electron chi connectivity index (χ2n) is 6.62. The lowest BCUT2D eigenvalue weighted by Gasteiger charge is -2.17. The van der Waals surface area contributed by atoms with Crippen LogP contribution in [0.3, 0.4) is 0 Å². The lowest BCUT2D eigenvalue weighted by atomic mass is 10.0. The monoisotopic (exact) mass is 374 g/mol. The number of urea groups is 1. The van der Waals surface area contributed by atoms with Crippen molar-refractivity contribution in [3.05, 3.63) is 35.4 Å². The van der Waals surface area contributed by atoms with Gasteiger partial charge in [-0.25, -0.2) is 4.79 Å². The molecule has 2 unspecified atom stereocenters. The maximum absolute atomic E-state index is 12.0. The first kappa shape index (κ1) is 20.5. The predicted octanol–water partition coefficient (Wildman–Crippen LogP) is 3.38. The molecular formula is C18H25F3N2O3. The fraction of sp³-hybridized carbons (Fsp3) is 0.611. The van der Waals surface area contributed by atoms with Crippen molar-refractivity contribution in [1.82, 2.24) is 10.6 Å². The van der Waals surface area contributed by atoms with Gasteiger partial charge < -0.3 is 20.1 Å². The number of alkyl halides is 3. The Morgan fingerprint density at radius 3 is 2.62 bits per heavy atom. The number of rotatable bonds is 8. The molecule has 8 heteroatoms. The molecule has 0 saturated carbocycles. The normalized spacial score (nSPS) is 18.5. The molecule has 1 heterocycles. The van der Waals surface area contributed by atoms with Crippen LogP contribution in [-0.2, 0) is 22.6 Å². The summed E-state index contributed by atoms with van der Waals surface area (Å²) in [7, 11) is 0. The largest absolute Gasteiger partial charge is 0.411 e. The first-order chi connectivity index (χ1) is 12.3. The molecule has 1 saturated heterocycles. The Morgan fingerprint density at radius 2 is 2.00 bits per heavy atom. The van der Waals surface area contributed by atoms with E-state index in [4.69, 9.17) is 4.74 Å². The molecule has 1 fully saturated rings. The Bertz CT molecular complexity index is 558. The molecule has 2 rings (SSSR count). The summed E-state index contributed by atoms with van der Waals surface area (Å²) in [6.45, 7) is 2.49. The SMILES string of the molecule is CC(CC1CCOC1)NC(=O)NCc1ccc(COCC(F)(F)F)cc1. The van der Waals surface area contributed by atoms with Gasteiger partial charge in [-0.05, 0) is 36.8 Å². The number of hydrogen-bond acceptors (Lipinski definition) is 3. The molecule has 146 valence electrons. The van der Waals surface area contributed by atoms with E-state index in [-0.39, 0.29) is 18.7 Å². The highest BCUT2D eigenvalue weighted by Gasteiger charge is 2.27. The zero-order chi connectivity index (χ0) is 19.0. The lowest BCUT2D eigenvalue weighted by Crippen LogP contribution is -2.41. The van der Waals surface area contributed by atoms with E-state index in [1.807, 2.05) is 6.92 Å². The minimum Gasteiger partial charge on any atom is -0.381 e. The summed E-state index contributed by atoms with van der Waals surface area (Å²) in [5.74, 6) is 0.498. The lowest BCUT2D eigenvalue weighted by molar-refractivity contribution is -0.176. The van der Waals surface area contributed by atoms with E-state index in [9.17, 15) is 18.0 Å². The average molecular weight is 374 g/mol. The Morgan fingerprint density at radius 1 is 1.31 bits per heavy atom. The van der Waals surface area contributed by atoms with Crippen LogP contribution in [0.5, 0.6) is 0 Å². The summed E-state index contributed by atoms with van der Waals surface area (Å²) in [5, 5.41) is 5.67. The number of hydrogen-bond donors (Lipinski definition) is 2. The molecule has 5 nitrogen and oxygen atoms in total. The van der Waals surface area contributed by atoms with E-state index < -0.39 is 12.8 Å². The topological polar surface area (TPSA) is 59.6 Å². The van der Waals surface area contributed by atoms with Gasteiger partial charge in [0.05, 0.1) is 6.61 Å². The second-order valence-corrected chi connectivity index (χ2v) is 6.62. The van der Waals surface area contributed by atoms with Crippen LogP contribution in [0.1, 0.15) is 30.9 Å². The minimum absolute atomic E-state index is 0.0647. The number of carbonyl (C=O) groups excluding carboxylic acids is 1. The zero-order valence-corrected chi connectivity index (χ0v) is 14.8. The first-order valence-corrected chi connectivity index (χ1v) is 8.66. The fourth-order valence-electron chi connectivity index (χ4n) is 2.82. The summed E-state index contributed by atoms with van der Waals surface area (Å²) in [6.07, 6.45) is -2.40. The molecule has 26 heavy (non-hydrogen) atoms. The molecule has 2 atom stereocenters. The van der Waals surface area contributed by atoms with Crippen molar-refractivity contribution in [3.8, 4) is 0 Å². The van der Waals surface area contributed by atoms with Crippen molar-refractivity contribution < 1.29 is 27.4 Å². The summed E-state index contributed by atoms with van der Waals surface area (Å²) in [4.78, 5) is 11.9. The molecule has 0 radical (unpaired) electrons. The van der Waals surface area contributed by atoms with Crippen molar-refractivity contribution in [1.29, 1.82) is 0 Å². The van der Waals surface area contributed by atoms with Gasteiger partial charge in [-0.1, -0.05) is 24.3 Å². The van der Waals surface area contributed by atoms with Crippen LogP contribution >= 0.6 is 0 Å². The molecule has 1 aromatic carbocycles. The highest BCUT2D eigenvalue weighted by Crippen LogP contribution is 2.18. The van der Waals surface area contributed by atoms with Crippen molar-refractivity contribution in [2.75, 3.05) is 19.8 Å². The molecule has 0 aromatic heterocycles. The Hall–Kier alpha value is -1.80. The van der Waals surface area contributed by atoms with Crippen LogP contribution in [0, 0.1) is 5.92 Å². The number of ether oxygens (including phenoxy) is 2. The highest BCUT2D eigenvalue weighted by atomic mass is 19.4. The smallest absolute Gasteiger partial charge is 0.381 e. The Balaban J connectivity index is 1.65. The van der Waals surface area contributed by atoms with Crippen molar-refractivity contribution in [2.24, 2.45) is 5.92 Å². The molecule has 1 aromatic rings. The number of amides is 2. The zero-order valence-electron chi connectivity index (χ0n) is 14.8. The summed E-state index contributed by atoms with van der Waals surface area (Å²) >= 11 is 0. The van der Waals surface area contributed by atoms with Crippen LogP contribution < -0.4 is 10.6 Å². The van der Waals surface area contributed by atoms with Gasteiger partial charge in [0.25, 0.3) is 0 Å². The molecular weight excluding hydrogens is 349 g/mol. The minimum atomic E-state index is -4.32. The average Bonchev–Trinajstić information content (AvgIpc) is 3.05. The van der Waals surface area contributed by atoms with Gasteiger partial charge in [0.2, 0.25) is 0 Å². The maximum Gasteiger partial charge on any atom is 0.411 e. The summed E-state index contributed by atoms with van der Waals surface area (Å²) in [5.41, 5.74) is 1.51. The van der Waals surface area contributed by atoms with Crippen molar-refractivity contribution >= 4 is 6.03 Å². The van der Waals surface area contributed by atoms with Gasteiger partial charge in [0.15, 0.2) is 0 Å². The number of benzene rings is 1. The summed E-state index contributed by atoms with van der Waals surface area (Å²) in [6, 6.07) is 6.71. The number of nitrogens with one attached hydrogen (secondary N) is 2. The standard InChI is InChI=1S/C18H25F3N2O3/c1-13(8-16-6-7-25-11-16)23-17(24)22-9-14-2-4-15(5-3-14)10-26-12-18(19,20)21/h2-5,13,16H,6-12H2,1H3,(H2,22,23,24). The molecule has 0 bridgehead atoms. The fourth-order valence-corrected chi connectivity index (χ4v) is 2.82. The second kappa shape index (κ2) is 9.78. The Labute approximate surface area is 151 Å². The van der Waals surface area contributed by atoms with Gasteiger partial charge in [0, 0.05) is 25.8 Å². The maximum atomic E-state index is 12.0. The third-order valence-electron chi connectivity index (χ3n) is 4.10. The van der Waals surface area contributed by atoms with Crippen LogP contribution in [0.15, 0.2) is 24.3 Å². The Kier molecular flexibility index (Phi) is 7.71. The van der Waals surface area contributed by atoms with Crippen LogP contribution in [0.4, 0.5) is 18.0 Å². The van der Waals surface area contributed by atoms with Crippen molar-refractivity contribution in [2.45, 2.75) is 45.1 Å². The van der Waals surface area contributed by atoms with Gasteiger partial charge in [-0.3, -0.25) is 0 Å². The molecule has 2 amide bonds. The van der Waals surface area contributed by atoms with E-state index in [0.717, 1.165) is 31.6 Å². The quantitative estimate of drug-likeness (QED) is 0.733. The van der Waals surface area contributed by atoms with E-state index >= 15 is 0 Å². The van der Waals surface area contributed by atoms with Crippen LogP contribution in [-0.4, -0.2) is 38.1 Å². The van der Waals surface area contributed by atoms with Crippen LogP contribution in [0.25, 0.3) is 0 Å².